The van der Waals surface area contributed by atoms with Crippen molar-refractivity contribution in [3.8, 4) is 0 Å². The number of Topliss-reactive ketones (excluding diaryl/α,β-unsaturated/α-hetero) is 2. The van der Waals surface area contributed by atoms with E-state index in [1.165, 1.54) is 0 Å². The Morgan fingerprint density at radius 3 is 2.00 bits per heavy atom. The van der Waals surface area contributed by atoms with Crippen LogP contribution in [0.15, 0.2) is 47.1 Å². The van der Waals surface area contributed by atoms with E-state index in [4.69, 9.17) is 17.3 Å². The van der Waals surface area contributed by atoms with Gasteiger partial charge >= 0.3 is 0 Å². The maximum atomic E-state index is 12.3. The minimum Gasteiger partial charge on any atom is -0.398 e. The summed E-state index contributed by atoms with van der Waals surface area (Å²) in [7, 11) is 0. The van der Waals surface area contributed by atoms with Crippen LogP contribution in [0, 0.1) is 11.8 Å². The SMILES string of the molecule is NC1=CC2C(=O)c3ccccc3C(=O)C2C=C1Cl. The minimum absolute atomic E-state index is 0.0708. The van der Waals surface area contributed by atoms with E-state index >= 15 is 0 Å². The first-order valence-electron chi connectivity index (χ1n) is 5.62. The topological polar surface area (TPSA) is 60.2 Å². The molecule has 0 aromatic heterocycles. The number of allylic oxidation sites excluding steroid dienone is 3. The summed E-state index contributed by atoms with van der Waals surface area (Å²) in [6, 6.07) is 6.86. The van der Waals surface area contributed by atoms with Crippen LogP contribution in [0.5, 0.6) is 0 Å². The third-order valence-electron chi connectivity index (χ3n) is 3.41. The van der Waals surface area contributed by atoms with E-state index in [1.807, 2.05) is 0 Å². The normalized spacial score (nSPS) is 26.1. The number of rotatable bonds is 0. The molecule has 90 valence electrons. The zero-order chi connectivity index (χ0) is 12.9. The Labute approximate surface area is 109 Å². The second-order valence-electron chi connectivity index (χ2n) is 4.46. The monoisotopic (exact) mass is 259 g/mol. The fourth-order valence-corrected chi connectivity index (χ4v) is 2.68. The Hall–Kier alpha value is -1.87. The van der Waals surface area contributed by atoms with E-state index in [9.17, 15) is 9.59 Å². The van der Waals surface area contributed by atoms with Gasteiger partial charge in [-0.05, 0) is 6.08 Å². The highest BCUT2D eigenvalue weighted by Crippen LogP contribution is 2.37. The highest BCUT2D eigenvalue weighted by molar-refractivity contribution is 6.32. The first kappa shape index (κ1) is 11.2. The molecule has 0 fully saturated rings. The fraction of sp³-hybridized carbons (Fsp3) is 0.143. The molecule has 2 atom stereocenters. The lowest BCUT2D eigenvalue weighted by Gasteiger charge is -2.29. The van der Waals surface area contributed by atoms with E-state index in [-0.39, 0.29) is 11.6 Å². The molecule has 0 saturated heterocycles. The molecule has 0 aliphatic heterocycles. The number of hydrogen-bond acceptors (Lipinski definition) is 3. The van der Waals surface area contributed by atoms with Gasteiger partial charge in [0.25, 0.3) is 0 Å². The number of carbonyl (C=O) groups is 2. The van der Waals surface area contributed by atoms with Crippen LogP contribution in [0.1, 0.15) is 20.7 Å². The van der Waals surface area contributed by atoms with Gasteiger partial charge in [0, 0.05) is 16.8 Å². The summed E-state index contributed by atoms with van der Waals surface area (Å²) in [5.74, 6) is -1.18. The highest BCUT2D eigenvalue weighted by Gasteiger charge is 2.40. The second-order valence-corrected chi connectivity index (χ2v) is 4.87. The van der Waals surface area contributed by atoms with Gasteiger partial charge in [-0.1, -0.05) is 41.9 Å². The van der Waals surface area contributed by atoms with Gasteiger partial charge in [-0.2, -0.15) is 0 Å². The van der Waals surface area contributed by atoms with Crippen molar-refractivity contribution in [1.29, 1.82) is 0 Å². The molecule has 2 aliphatic carbocycles. The molecule has 3 nitrogen and oxygen atoms in total. The van der Waals surface area contributed by atoms with Crippen LogP contribution in [0.3, 0.4) is 0 Å². The van der Waals surface area contributed by atoms with Crippen LogP contribution in [0.4, 0.5) is 0 Å². The van der Waals surface area contributed by atoms with Gasteiger partial charge < -0.3 is 5.73 Å². The second kappa shape index (κ2) is 3.82. The van der Waals surface area contributed by atoms with Crippen LogP contribution in [0.2, 0.25) is 0 Å². The Bertz CT molecular complexity index is 575. The number of fused-ring (bicyclic) bond motifs is 2. The minimum atomic E-state index is -0.521. The molecule has 2 unspecified atom stereocenters. The van der Waals surface area contributed by atoms with Gasteiger partial charge in [-0.15, -0.1) is 0 Å². The van der Waals surface area contributed by atoms with Crippen LogP contribution in [-0.4, -0.2) is 11.6 Å². The molecule has 18 heavy (non-hydrogen) atoms. The third kappa shape index (κ3) is 1.44. The van der Waals surface area contributed by atoms with Crippen molar-refractivity contribution in [1.82, 2.24) is 0 Å². The van der Waals surface area contributed by atoms with Gasteiger partial charge in [0.2, 0.25) is 0 Å². The molecule has 0 amide bonds. The number of ketones is 2. The lowest BCUT2D eigenvalue weighted by atomic mass is 9.72. The van der Waals surface area contributed by atoms with Crippen molar-refractivity contribution in [3.05, 3.63) is 58.3 Å². The van der Waals surface area contributed by atoms with Crippen LogP contribution in [0.25, 0.3) is 0 Å². The smallest absolute Gasteiger partial charge is 0.171 e. The van der Waals surface area contributed by atoms with E-state index in [2.05, 4.69) is 0 Å². The quantitative estimate of drug-likeness (QED) is 0.778. The van der Waals surface area contributed by atoms with E-state index in [1.54, 1.807) is 36.4 Å². The molecule has 0 saturated carbocycles. The van der Waals surface area contributed by atoms with Crippen molar-refractivity contribution in [2.24, 2.45) is 17.6 Å². The van der Waals surface area contributed by atoms with Crippen molar-refractivity contribution in [2.75, 3.05) is 0 Å². The molecule has 2 aliphatic rings. The summed E-state index contributed by atoms with van der Waals surface area (Å²) in [6.07, 6.45) is 3.17. The largest absolute Gasteiger partial charge is 0.398 e. The standard InChI is InChI=1S/C14H10ClNO2/c15-11-5-9-10(6-12(11)16)14(18)8-4-2-1-3-7(8)13(9)17/h1-6,9-10H,16H2. The maximum absolute atomic E-state index is 12.3. The molecule has 3 rings (SSSR count). The average molecular weight is 260 g/mol. The Morgan fingerprint density at radius 1 is 0.944 bits per heavy atom. The molecule has 0 radical (unpaired) electrons. The van der Waals surface area contributed by atoms with Crippen molar-refractivity contribution in [2.45, 2.75) is 0 Å². The lowest BCUT2D eigenvalue weighted by molar-refractivity contribution is 0.0800. The molecule has 0 spiro atoms. The van der Waals surface area contributed by atoms with Gasteiger partial charge in [-0.25, -0.2) is 0 Å². The maximum Gasteiger partial charge on any atom is 0.171 e. The summed E-state index contributed by atoms with van der Waals surface area (Å²) in [5, 5.41) is 0.344. The third-order valence-corrected chi connectivity index (χ3v) is 3.76. The molecular formula is C14H10ClNO2. The number of carbonyl (C=O) groups excluding carboxylic acids is 2. The molecule has 0 bridgehead atoms. The lowest BCUT2D eigenvalue weighted by Crippen LogP contribution is -2.36. The molecule has 1 aromatic carbocycles. The van der Waals surface area contributed by atoms with Gasteiger partial charge in [0.05, 0.1) is 16.9 Å². The number of hydrogen-bond donors (Lipinski definition) is 1. The van der Waals surface area contributed by atoms with Crippen molar-refractivity contribution < 1.29 is 9.59 Å². The molecule has 1 aromatic rings. The Balaban J connectivity index is 2.19. The summed E-state index contributed by atoms with van der Waals surface area (Å²) in [4.78, 5) is 24.6. The molecule has 2 N–H and O–H groups in total. The van der Waals surface area contributed by atoms with Crippen molar-refractivity contribution >= 4 is 23.2 Å². The predicted molar refractivity (Wildman–Crippen MR) is 68.3 cm³/mol. The van der Waals surface area contributed by atoms with Crippen LogP contribution in [-0.2, 0) is 0 Å². The summed E-state index contributed by atoms with van der Waals surface area (Å²) < 4.78 is 0. The Kier molecular flexibility index (Phi) is 2.38. The Morgan fingerprint density at radius 2 is 1.44 bits per heavy atom. The van der Waals surface area contributed by atoms with Crippen molar-refractivity contribution in [3.63, 3.8) is 0 Å². The van der Waals surface area contributed by atoms with Gasteiger partial charge in [-0.3, -0.25) is 9.59 Å². The van der Waals surface area contributed by atoms with E-state index < -0.39 is 11.8 Å². The van der Waals surface area contributed by atoms with Gasteiger partial charge in [0.1, 0.15) is 0 Å². The van der Waals surface area contributed by atoms with E-state index in [0.29, 0.717) is 21.9 Å². The number of halogens is 1. The molecule has 4 heteroatoms. The summed E-state index contributed by atoms with van der Waals surface area (Å²) >= 11 is 5.93. The zero-order valence-electron chi connectivity index (χ0n) is 9.39. The zero-order valence-corrected chi connectivity index (χ0v) is 10.1. The van der Waals surface area contributed by atoms with Crippen LogP contribution < -0.4 is 5.73 Å². The van der Waals surface area contributed by atoms with Crippen LogP contribution >= 0.6 is 11.6 Å². The fourth-order valence-electron chi connectivity index (χ4n) is 2.48. The first-order chi connectivity index (χ1) is 8.59. The van der Waals surface area contributed by atoms with E-state index in [0.717, 1.165) is 0 Å². The summed E-state index contributed by atoms with van der Waals surface area (Å²) in [6.45, 7) is 0. The molecular weight excluding hydrogens is 250 g/mol. The summed E-state index contributed by atoms with van der Waals surface area (Å²) in [5.41, 5.74) is 7.01. The van der Waals surface area contributed by atoms with Gasteiger partial charge in [0.15, 0.2) is 11.6 Å². The number of benzene rings is 1. The predicted octanol–water partition coefficient (Wildman–Crippen LogP) is 2.28. The average Bonchev–Trinajstić information content (AvgIpc) is 2.38. The first-order valence-corrected chi connectivity index (χ1v) is 6.00. The highest BCUT2D eigenvalue weighted by atomic mass is 35.5. The molecule has 0 heterocycles. The number of nitrogens with two attached hydrogens (primary N) is 1.